The van der Waals surface area contributed by atoms with E-state index in [-0.39, 0.29) is 5.56 Å². The predicted molar refractivity (Wildman–Crippen MR) is 70.9 cm³/mol. The van der Waals surface area contributed by atoms with E-state index in [2.05, 4.69) is 13.2 Å². The summed E-state index contributed by atoms with van der Waals surface area (Å²) in [5, 5.41) is 9.01. The Balaban J connectivity index is 2.69. The Kier molecular flexibility index (Phi) is 5.67. The Morgan fingerprint density at radius 2 is 1.89 bits per heavy atom. The van der Waals surface area contributed by atoms with Crippen LogP contribution in [0.25, 0.3) is 0 Å². The Morgan fingerprint density at radius 3 is 2.44 bits per heavy atom. The van der Waals surface area contributed by atoms with E-state index in [0.29, 0.717) is 25.6 Å². The number of carboxylic acids is 1. The number of nitrogens with zero attached hydrogens (tertiary/aromatic N) is 1. The maximum Gasteiger partial charge on any atom is 0.339 e. The fraction of sp³-hybridized carbons (Fsp3) is 0.214. The fourth-order valence-electron chi connectivity index (χ4n) is 1.48. The van der Waals surface area contributed by atoms with Crippen LogP contribution in [0.4, 0.5) is 0 Å². The van der Waals surface area contributed by atoms with Gasteiger partial charge in [-0.15, -0.1) is 13.2 Å². The molecular weight excluding hydrogens is 230 g/mol. The van der Waals surface area contributed by atoms with E-state index in [1.807, 2.05) is 4.90 Å². The number of hydrogen-bond donors (Lipinski definition) is 1. The van der Waals surface area contributed by atoms with E-state index >= 15 is 0 Å². The van der Waals surface area contributed by atoms with Crippen LogP contribution in [0, 0.1) is 0 Å². The largest absolute Gasteiger partial charge is 0.478 e. The summed E-state index contributed by atoms with van der Waals surface area (Å²) in [6.45, 7) is 8.92. The van der Waals surface area contributed by atoms with Crippen LogP contribution in [0.1, 0.15) is 10.4 Å². The highest BCUT2D eigenvalue weighted by molar-refractivity contribution is 5.90. The molecule has 0 aliphatic rings. The van der Waals surface area contributed by atoms with Crippen LogP contribution in [0.2, 0.25) is 0 Å². The number of rotatable bonds is 8. The number of hydrogen-bond acceptors (Lipinski definition) is 3. The maximum atomic E-state index is 11.0. The van der Waals surface area contributed by atoms with E-state index in [4.69, 9.17) is 9.84 Å². The van der Waals surface area contributed by atoms with Crippen molar-refractivity contribution in [1.29, 1.82) is 0 Å². The molecule has 0 amide bonds. The molecule has 0 bridgehead atoms. The van der Waals surface area contributed by atoms with Crippen LogP contribution < -0.4 is 4.74 Å². The first-order chi connectivity index (χ1) is 8.69. The molecule has 0 aliphatic carbocycles. The van der Waals surface area contributed by atoms with Gasteiger partial charge in [0.2, 0.25) is 0 Å². The first kappa shape index (κ1) is 14.0. The van der Waals surface area contributed by atoms with Crippen molar-refractivity contribution in [3.05, 3.63) is 55.1 Å². The Hall–Kier alpha value is -2.07. The van der Waals surface area contributed by atoms with Crippen LogP contribution >= 0.6 is 0 Å². The molecule has 18 heavy (non-hydrogen) atoms. The molecule has 0 atom stereocenters. The maximum absolute atomic E-state index is 11.0. The third-order valence-electron chi connectivity index (χ3n) is 2.29. The van der Waals surface area contributed by atoms with E-state index in [1.54, 1.807) is 30.4 Å². The molecule has 1 rings (SSSR count). The molecule has 4 nitrogen and oxygen atoms in total. The molecule has 0 heterocycles. The summed E-state index contributed by atoms with van der Waals surface area (Å²) in [4.78, 5) is 12.9. The van der Waals surface area contributed by atoms with Crippen LogP contribution in [-0.2, 0) is 0 Å². The normalized spacial score (nSPS) is 10.1. The van der Waals surface area contributed by atoms with Crippen molar-refractivity contribution in [1.82, 2.24) is 4.90 Å². The van der Waals surface area contributed by atoms with Crippen molar-refractivity contribution in [3.63, 3.8) is 0 Å². The zero-order chi connectivity index (χ0) is 13.4. The van der Waals surface area contributed by atoms with Crippen LogP contribution in [0.3, 0.4) is 0 Å². The zero-order valence-electron chi connectivity index (χ0n) is 10.2. The van der Waals surface area contributed by atoms with Crippen molar-refractivity contribution >= 4 is 5.97 Å². The summed E-state index contributed by atoms with van der Waals surface area (Å²) in [5.74, 6) is -0.632. The molecule has 0 radical (unpaired) electrons. The smallest absolute Gasteiger partial charge is 0.339 e. The zero-order valence-corrected chi connectivity index (χ0v) is 10.2. The molecule has 1 aromatic rings. The van der Waals surface area contributed by atoms with Gasteiger partial charge in [-0.2, -0.15) is 0 Å². The third kappa shape index (κ3) is 4.07. The predicted octanol–water partition coefficient (Wildman–Crippen LogP) is 2.40. The number of para-hydroxylation sites is 1. The van der Waals surface area contributed by atoms with Gasteiger partial charge in [0.25, 0.3) is 0 Å². The molecule has 0 saturated heterocycles. The molecule has 4 heteroatoms. The number of ether oxygens (including phenoxy) is 1. The molecule has 0 fully saturated rings. The minimum atomic E-state index is -0.996. The quantitative estimate of drug-likeness (QED) is 0.566. The summed E-state index contributed by atoms with van der Waals surface area (Å²) in [6, 6.07) is 6.57. The molecular formula is C14H17NO3. The number of aromatic carboxylic acids is 1. The Morgan fingerprint density at radius 1 is 1.28 bits per heavy atom. The van der Waals surface area contributed by atoms with Crippen molar-refractivity contribution in [2.75, 3.05) is 19.8 Å². The highest BCUT2D eigenvalue weighted by atomic mass is 16.5. The van der Waals surface area contributed by atoms with E-state index in [1.165, 1.54) is 6.07 Å². The van der Waals surface area contributed by atoms with Gasteiger partial charge in [0.05, 0.1) is 0 Å². The Labute approximate surface area is 107 Å². The van der Waals surface area contributed by atoms with Crippen molar-refractivity contribution < 1.29 is 14.6 Å². The molecule has 0 unspecified atom stereocenters. The highest BCUT2D eigenvalue weighted by Crippen LogP contribution is 2.17. The summed E-state index contributed by atoms with van der Waals surface area (Å²) in [7, 11) is 0. The van der Waals surface area contributed by atoms with Gasteiger partial charge in [0.1, 0.15) is 18.0 Å². The molecule has 1 aromatic carbocycles. The Bertz CT molecular complexity index is 419. The topological polar surface area (TPSA) is 49.8 Å². The second-order valence-corrected chi connectivity index (χ2v) is 3.69. The van der Waals surface area contributed by atoms with Gasteiger partial charge >= 0.3 is 5.97 Å². The molecule has 96 valence electrons. The van der Waals surface area contributed by atoms with E-state index in [9.17, 15) is 4.79 Å². The average Bonchev–Trinajstić information content (AvgIpc) is 2.36. The van der Waals surface area contributed by atoms with Gasteiger partial charge in [-0.1, -0.05) is 24.3 Å². The lowest BCUT2D eigenvalue weighted by Crippen LogP contribution is -2.28. The third-order valence-corrected chi connectivity index (χ3v) is 2.29. The van der Waals surface area contributed by atoms with Crippen LogP contribution in [-0.4, -0.2) is 35.8 Å². The second-order valence-electron chi connectivity index (χ2n) is 3.69. The van der Waals surface area contributed by atoms with Gasteiger partial charge in [-0.3, -0.25) is 4.90 Å². The standard InChI is InChI=1S/C14H17NO3/c1-3-9-15(10-4-2)11-18-13-8-6-5-7-12(13)14(16)17/h3-8H,1-2,9-11H2,(H,16,17). The van der Waals surface area contributed by atoms with Gasteiger partial charge in [0.15, 0.2) is 0 Å². The van der Waals surface area contributed by atoms with Gasteiger partial charge in [0, 0.05) is 13.1 Å². The van der Waals surface area contributed by atoms with Gasteiger partial charge in [-0.05, 0) is 12.1 Å². The second kappa shape index (κ2) is 7.29. The van der Waals surface area contributed by atoms with Gasteiger partial charge in [-0.25, -0.2) is 4.79 Å². The lowest BCUT2D eigenvalue weighted by atomic mass is 10.2. The van der Waals surface area contributed by atoms with Gasteiger partial charge < -0.3 is 9.84 Å². The molecule has 0 saturated carbocycles. The SMILES string of the molecule is C=CCN(CC=C)COc1ccccc1C(=O)O. The summed E-state index contributed by atoms with van der Waals surface area (Å²) in [5.41, 5.74) is 0.162. The molecule has 1 N–H and O–H groups in total. The summed E-state index contributed by atoms with van der Waals surface area (Å²) in [6.07, 6.45) is 3.52. The van der Waals surface area contributed by atoms with Crippen molar-refractivity contribution in [2.45, 2.75) is 0 Å². The monoisotopic (exact) mass is 247 g/mol. The van der Waals surface area contributed by atoms with Crippen LogP contribution in [0.15, 0.2) is 49.6 Å². The minimum absolute atomic E-state index is 0.162. The molecule has 0 spiro atoms. The lowest BCUT2D eigenvalue weighted by Gasteiger charge is -2.19. The fourth-order valence-corrected chi connectivity index (χ4v) is 1.48. The van der Waals surface area contributed by atoms with E-state index < -0.39 is 5.97 Å². The van der Waals surface area contributed by atoms with Crippen molar-refractivity contribution in [3.8, 4) is 5.75 Å². The van der Waals surface area contributed by atoms with Crippen molar-refractivity contribution in [2.24, 2.45) is 0 Å². The molecule has 0 aliphatic heterocycles. The first-order valence-corrected chi connectivity index (χ1v) is 5.58. The number of benzene rings is 1. The lowest BCUT2D eigenvalue weighted by molar-refractivity contribution is 0.0687. The number of carboxylic acid groups (broad SMARTS) is 1. The first-order valence-electron chi connectivity index (χ1n) is 5.58. The van der Waals surface area contributed by atoms with E-state index in [0.717, 1.165) is 0 Å². The summed E-state index contributed by atoms with van der Waals surface area (Å²) >= 11 is 0. The number of carbonyl (C=O) groups is 1. The molecule has 0 aromatic heterocycles. The minimum Gasteiger partial charge on any atom is -0.478 e. The van der Waals surface area contributed by atoms with Crippen LogP contribution in [0.5, 0.6) is 5.75 Å². The highest BCUT2D eigenvalue weighted by Gasteiger charge is 2.11. The summed E-state index contributed by atoms with van der Waals surface area (Å²) < 4.78 is 5.52. The average molecular weight is 247 g/mol.